The summed E-state index contributed by atoms with van der Waals surface area (Å²) >= 11 is 0. The summed E-state index contributed by atoms with van der Waals surface area (Å²) in [5.41, 5.74) is 6.79. The Bertz CT molecular complexity index is 471. The molecule has 0 fully saturated rings. The van der Waals surface area contributed by atoms with Gasteiger partial charge in [-0.25, -0.2) is 4.79 Å². The number of rotatable bonds is 7. The standard InChI is InChI=1S/C15H24N4O2/c1-10(2)18-14(20)8-9-17-11(3)12-4-6-13(7-5-12)19-15(16)21/h4-7,10-11,17H,8-9H2,1-3H3,(H,18,20)(H3,16,19,21). The number of hydrogen-bond acceptors (Lipinski definition) is 3. The molecule has 6 nitrogen and oxygen atoms in total. The minimum Gasteiger partial charge on any atom is -0.354 e. The van der Waals surface area contributed by atoms with Crippen molar-refractivity contribution in [2.75, 3.05) is 11.9 Å². The molecule has 0 saturated carbocycles. The smallest absolute Gasteiger partial charge is 0.316 e. The van der Waals surface area contributed by atoms with Gasteiger partial charge in [0.2, 0.25) is 5.91 Å². The summed E-state index contributed by atoms with van der Waals surface area (Å²) in [4.78, 5) is 22.2. The quantitative estimate of drug-likeness (QED) is 0.616. The van der Waals surface area contributed by atoms with E-state index >= 15 is 0 Å². The van der Waals surface area contributed by atoms with E-state index in [2.05, 4.69) is 16.0 Å². The molecule has 6 heteroatoms. The first kappa shape index (κ1) is 17.0. The highest BCUT2D eigenvalue weighted by Gasteiger charge is 2.07. The van der Waals surface area contributed by atoms with Crippen molar-refractivity contribution in [2.24, 2.45) is 5.73 Å². The predicted octanol–water partition coefficient (Wildman–Crippen LogP) is 1.74. The van der Waals surface area contributed by atoms with Crippen molar-refractivity contribution in [1.29, 1.82) is 0 Å². The van der Waals surface area contributed by atoms with E-state index in [0.29, 0.717) is 18.7 Å². The molecule has 1 aromatic carbocycles. The summed E-state index contributed by atoms with van der Waals surface area (Å²) in [6, 6.07) is 7.13. The Morgan fingerprint density at radius 1 is 1.14 bits per heavy atom. The molecule has 1 rings (SSSR count). The van der Waals surface area contributed by atoms with Gasteiger partial charge in [-0.2, -0.15) is 0 Å². The number of anilines is 1. The molecule has 116 valence electrons. The van der Waals surface area contributed by atoms with Crippen molar-refractivity contribution in [3.8, 4) is 0 Å². The molecule has 1 aromatic rings. The van der Waals surface area contributed by atoms with E-state index in [0.717, 1.165) is 5.56 Å². The second-order valence-corrected chi connectivity index (χ2v) is 5.26. The number of amides is 3. The van der Waals surface area contributed by atoms with Crippen LogP contribution in [0.25, 0.3) is 0 Å². The molecule has 0 radical (unpaired) electrons. The summed E-state index contributed by atoms with van der Waals surface area (Å²) < 4.78 is 0. The number of primary amides is 1. The Balaban J connectivity index is 2.39. The Labute approximate surface area is 125 Å². The third-order valence-electron chi connectivity index (χ3n) is 2.93. The zero-order valence-electron chi connectivity index (χ0n) is 12.8. The summed E-state index contributed by atoms with van der Waals surface area (Å²) in [6.45, 7) is 6.52. The summed E-state index contributed by atoms with van der Waals surface area (Å²) in [5, 5.41) is 8.65. The van der Waals surface area contributed by atoms with Gasteiger partial charge in [-0.1, -0.05) is 12.1 Å². The highest BCUT2D eigenvalue weighted by Crippen LogP contribution is 2.15. The highest BCUT2D eigenvalue weighted by molar-refractivity contribution is 5.87. The van der Waals surface area contributed by atoms with Gasteiger partial charge in [0.1, 0.15) is 0 Å². The largest absolute Gasteiger partial charge is 0.354 e. The molecular weight excluding hydrogens is 268 g/mol. The lowest BCUT2D eigenvalue weighted by atomic mass is 10.1. The van der Waals surface area contributed by atoms with E-state index in [1.807, 2.05) is 32.9 Å². The van der Waals surface area contributed by atoms with Crippen LogP contribution in [0, 0.1) is 0 Å². The lowest BCUT2D eigenvalue weighted by molar-refractivity contribution is -0.121. The molecule has 0 heterocycles. The fraction of sp³-hybridized carbons (Fsp3) is 0.467. The highest BCUT2D eigenvalue weighted by atomic mass is 16.2. The predicted molar refractivity (Wildman–Crippen MR) is 84.0 cm³/mol. The molecule has 3 amide bonds. The third kappa shape index (κ3) is 6.76. The van der Waals surface area contributed by atoms with Crippen LogP contribution in [0.1, 0.15) is 38.8 Å². The monoisotopic (exact) mass is 292 g/mol. The molecule has 0 aliphatic heterocycles. The van der Waals surface area contributed by atoms with E-state index in [4.69, 9.17) is 5.73 Å². The first-order valence-electron chi connectivity index (χ1n) is 7.07. The first-order chi connectivity index (χ1) is 9.88. The van der Waals surface area contributed by atoms with Crippen LogP contribution in [0.15, 0.2) is 24.3 Å². The van der Waals surface area contributed by atoms with Crippen LogP contribution in [0.2, 0.25) is 0 Å². The molecule has 0 aliphatic rings. The van der Waals surface area contributed by atoms with E-state index in [9.17, 15) is 9.59 Å². The lowest BCUT2D eigenvalue weighted by Crippen LogP contribution is -2.33. The van der Waals surface area contributed by atoms with E-state index < -0.39 is 6.03 Å². The number of carbonyl (C=O) groups excluding carboxylic acids is 2. The van der Waals surface area contributed by atoms with Crippen LogP contribution in [0.5, 0.6) is 0 Å². The van der Waals surface area contributed by atoms with Crippen molar-refractivity contribution < 1.29 is 9.59 Å². The summed E-state index contributed by atoms with van der Waals surface area (Å²) in [7, 11) is 0. The molecule has 0 aromatic heterocycles. The Morgan fingerprint density at radius 3 is 2.29 bits per heavy atom. The molecule has 0 saturated heterocycles. The van der Waals surface area contributed by atoms with Gasteiger partial charge >= 0.3 is 6.03 Å². The Kier molecular flexibility index (Phi) is 6.68. The van der Waals surface area contributed by atoms with Gasteiger partial charge in [0.15, 0.2) is 0 Å². The van der Waals surface area contributed by atoms with Gasteiger partial charge in [-0.05, 0) is 38.5 Å². The fourth-order valence-corrected chi connectivity index (χ4v) is 1.91. The van der Waals surface area contributed by atoms with Crippen molar-refractivity contribution in [3.05, 3.63) is 29.8 Å². The van der Waals surface area contributed by atoms with Crippen molar-refractivity contribution >= 4 is 17.6 Å². The number of nitrogens with one attached hydrogen (secondary N) is 3. The van der Waals surface area contributed by atoms with Crippen molar-refractivity contribution in [2.45, 2.75) is 39.3 Å². The van der Waals surface area contributed by atoms with E-state index in [-0.39, 0.29) is 18.0 Å². The van der Waals surface area contributed by atoms with Gasteiger partial charge in [0, 0.05) is 30.7 Å². The van der Waals surface area contributed by atoms with Crippen LogP contribution < -0.4 is 21.7 Å². The Hall–Kier alpha value is -2.08. The third-order valence-corrected chi connectivity index (χ3v) is 2.93. The summed E-state index contributed by atoms with van der Waals surface area (Å²) in [5.74, 6) is 0.0470. The molecule has 0 bridgehead atoms. The summed E-state index contributed by atoms with van der Waals surface area (Å²) in [6.07, 6.45) is 0.448. The number of nitrogens with two attached hydrogens (primary N) is 1. The zero-order chi connectivity index (χ0) is 15.8. The van der Waals surface area contributed by atoms with Gasteiger partial charge in [-0.3, -0.25) is 4.79 Å². The van der Waals surface area contributed by atoms with E-state index in [1.54, 1.807) is 12.1 Å². The van der Waals surface area contributed by atoms with Crippen LogP contribution >= 0.6 is 0 Å². The maximum absolute atomic E-state index is 11.5. The number of benzene rings is 1. The zero-order valence-corrected chi connectivity index (χ0v) is 12.8. The number of hydrogen-bond donors (Lipinski definition) is 4. The molecule has 21 heavy (non-hydrogen) atoms. The maximum atomic E-state index is 11.5. The van der Waals surface area contributed by atoms with E-state index in [1.165, 1.54) is 0 Å². The maximum Gasteiger partial charge on any atom is 0.316 e. The minimum atomic E-state index is -0.579. The lowest BCUT2D eigenvalue weighted by Gasteiger charge is -2.15. The molecule has 1 atom stereocenters. The first-order valence-corrected chi connectivity index (χ1v) is 7.07. The topological polar surface area (TPSA) is 96.2 Å². The molecule has 1 unspecified atom stereocenters. The second-order valence-electron chi connectivity index (χ2n) is 5.26. The van der Waals surface area contributed by atoms with Crippen LogP contribution in [0.3, 0.4) is 0 Å². The average Bonchev–Trinajstić information content (AvgIpc) is 2.37. The van der Waals surface area contributed by atoms with Gasteiger partial charge < -0.3 is 21.7 Å². The second kappa shape index (κ2) is 8.26. The average molecular weight is 292 g/mol. The molecular formula is C15H24N4O2. The normalized spacial score (nSPS) is 12.0. The molecule has 5 N–H and O–H groups in total. The van der Waals surface area contributed by atoms with Crippen LogP contribution in [0.4, 0.5) is 10.5 Å². The number of urea groups is 1. The molecule has 0 aliphatic carbocycles. The number of carbonyl (C=O) groups is 2. The fourth-order valence-electron chi connectivity index (χ4n) is 1.91. The minimum absolute atomic E-state index is 0.0470. The van der Waals surface area contributed by atoms with Crippen LogP contribution in [-0.4, -0.2) is 24.5 Å². The van der Waals surface area contributed by atoms with Crippen LogP contribution in [-0.2, 0) is 4.79 Å². The van der Waals surface area contributed by atoms with Gasteiger partial charge in [0.25, 0.3) is 0 Å². The Morgan fingerprint density at radius 2 is 1.76 bits per heavy atom. The SMILES string of the molecule is CC(C)NC(=O)CCNC(C)c1ccc(NC(N)=O)cc1. The van der Waals surface area contributed by atoms with Gasteiger partial charge in [-0.15, -0.1) is 0 Å². The molecule has 0 spiro atoms. The van der Waals surface area contributed by atoms with Gasteiger partial charge in [0.05, 0.1) is 0 Å². The van der Waals surface area contributed by atoms with Crippen molar-refractivity contribution in [1.82, 2.24) is 10.6 Å². The van der Waals surface area contributed by atoms with Crippen molar-refractivity contribution in [3.63, 3.8) is 0 Å².